The van der Waals surface area contributed by atoms with E-state index in [1.165, 1.54) is 13.4 Å². The number of nitro groups is 1. The smallest absolute Gasteiger partial charge is 0.353 e. The van der Waals surface area contributed by atoms with Crippen LogP contribution in [0.1, 0.15) is 5.56 Å². The molecular formula is C18H16ClN5O3. The summed E-state index contributed by atoms with van der Waals surface area (Å²) in [6.07, 6.45) is 1.24. The maximum Gasteiger partial charge on any atom is 0.353 e. The number of anilines is 4. The van der Waals surface area contributed by atoms with Crippen molar-refractivity contribution in [2.45, 2.75) is 6.92 Å². The van der Waals surface area contributed by atoms with Crippen molar-refractivity contribution in [3.8, 4) is 5.75 Å². The fourth-order valence-corrected chi connectivity index (χ4v) is 2.67. The molecule has 2 N–H and O–H groups in total. The molecule has 0 amide bonds. The van der Waals surface area contributed by atoms with Crippen LogP contribution in [-0.2, 0) is 0 Å². The predicted molar refractivity (Wildman–Crippen MR) is 104 cm³/mol. The van der Waals surface area contributed by atoms with E-state index in [0.717, 1.165) is 5.56 Å². The van der Waals surface area contributed by atoms with Crippen molar-refractivity contribution < 1.29 is 9.66 Å². The maximum absolute atomic E-state index is 11.7. The summed E-state index contributed by atoms with van der Waals surface area (Å²) in [5.74, 6) is 0.632. The van der Waals surface area contributed by atoms with Crippen LogP contribution in [0, 0.1) is 17.0 Å². The highest BCUT2D eigenvalue weighted by atomic mass is 35.5. The minimum atomic E-state index is -0.544. The Morgan fingerprint density at radius 3 is 2.52 bits per heavy atom. The molecule has 0 fully saturated rings. The largest absolute Gasteiger partial charge is 0.495 e. The molecule has 27 heavy (non-hydrogen) atoms. The standard InChI is InChI=1S/C18H16ClN5O3/c1-11-6-7-15(27-2)14(8-11)23-18-16(24(25)26)17(20-10-21-18)22-13-5-3-4-12(19)9-13/h3-10H,1-2H3,(H2,20,21,22,23). The number of halogens is 1. The lowest BCUT2D eigenvalue weighted by Gasteiger charge is -2.13. The van der Waals surface area contributed by atoms with Crippen molar-refractivity contribution in [2.75, 3.05) is 17.7 Å². The summed E-state index contributed by atoms with van der Waals surface area (Å²) >= 11 is 5.97. The second-order valence-electron chi connectivity index (χ2n) is 5.64. The lowest BCUT2D eigenvalue weighted by Crippen LogP contribution is -2.06. The van der Waals surface area contributed by atoms with Crippen LogP contribution < -0.4 is 15.4 Å². The molecular weight excluding hydrogens is 370 g/mol. The van der Waals surface area contributed by atoms with E-state index in [1.54, 1.807) is 30.3 Å². The zero-order valence-corrected chi connectivity index (χ0v) is 15.3. The first-order valence-electron chi connectivity index (χ1n) is 7.91. The van der Waals surface area contributed by atoms with E-state index in [4.69, 9.17) is 16.3 Å². The summed E-state index contributed by atoms with van der Waals surface area (Å²) in [5.41, 5.74) is 1.81. The highest BCUT2D eigenvalue weighted by molar-refractivity contribution is 6.30. The van der Waals surface area contributed by atoms with E-state index < -0.39 is 4.92 Å². The number of nitrogens with zero attached hydrogens (tertiary/aromatic N) is 3. The minimum absolute atomic E-state index is 0.0448. The second kappa shape index (κ2) is 7.88. The van der Waals surface area contributed by atoms with Gasteiger partial charge in [0.15, 0.2) is 0 Å². The molecule has 1 aromatic heterocycles. The van der Waals surface area contributed by atoms with Gasteiger partial charge in [0.25, 0.3) is 0 Å². The van der Waals surface area contributed by atoms with Gasteiger partial charge < -0.3 is 15.4 Å². The van der Waals surface area contributed by atoms with Gasteiger partial charge in [-0.05, 0) is 42.8 Å². The Kier molecular flexibility index (Phi) is 5.37. The quantitative estimate of drug-likeness (QED) is 0.462. The molecule has 8 nitrogen and oxygen atoms in total. The van der Waals surface area contributed by atoms with Crippen molar-refractivity contribution in [1.82, 2.24) is 9.97 Å². The number of methoxy groups -OCH3 is 1. The number of ether oxygens (including phenoxy) is 1. The molecule has 0 atom stereocenters. The number of benzene rings is 2. The molecule has 1 heterocycles. The van der Waals surface area contributed by atoms with Crippen LogP contribution in [0.5, 0.6) is 5.75 Å². The van der Waals surface area contributed by atoms with Crippen LogP contribution in [0.3, 0.4) is 0 Å². The average Bonchev–Trinajstić information content (AvgIpc) is 2.62. The fraction of sp³-hybridized carbons (Fsp3) is 0.111. The van der Waals surface area contributed by atoms with Crippen LogP contribution in [0.15, 0.2) is 48.8 Å². The third-order valence-corrected chi connectivity index (χ3v) is 3.94. The third kappa shape index (κ3) is 4.24. The van der Waals surface area contributed by atoms with Crippen molar-refractivity contribution >= 4 is 40.3 Å². The highest BCUT2D eigenvalue weighted by Gasteiger charge is 2.24. The molecule has 3 rings (SSSR count). The molecule has 0 saturated heterocycles. The molecule has 0 saturated carbocycles. The first-order chi connectivity index (χ1) is 13.0. The van der Waals surface area contributed by atoms with Gasteiger partial charge in [0.05, 0.1) is 17.7 Å². The van der Waals surface area contributed by atoms with E-state index in [2.05, 4.69) is 20.6 Å². The Balaban J connectivity index is 2.02. The molecule has 0 radical (unpaired) electrons. The summed E-state index contributed by atoms with van der Waals surface area (Å²) in [4.78, 5) is 19.2. The molecule has 3 aromatic rings. The van der Waals surface area contributed by atoms with Gasteiger partial charge >= 0.3 is 5.69 Å². The van der Waals surface area contributed by atoms with Gasteiger partial charge in [0, 0.05) is 10.7 Å². The molecule has 0 unspecified atom stereocenters. The van der Waals surface area contributed by atoms with Crippen LogP contribution in [0.25, 0.3) is 0 Å². The molecule has 9 heteroatoms. The summed E-state index contributed by atoms with van der Waals surface area (Å²) in [7, 11) is 1.52. The van der Waals surface area contributed by atoms with E-state index in [0.29, 0.717) is 22.1 Å². The highest BCUT2D eigenvalue weighted by Crippen LogP contribution is 2.36. The van der Waals surface area contributed by atoms with Crippen molar-refractivity contribution in [2.24, 2.45) is 0 Å². The Labute approximate surface area is 160 Å². The Morgan fingerprint density at radius 1 is 1.11 bits per heavy atom. The van der Waals surface area contributed by atoms with Gasteiger partial charge in [-0.2, -0.15) is 0 Å². The zero-order chi connectivity index (χ0) is 19.4. The van der Waals surface area contributed by atoms with Crippen LogP contribution in [0.2, 0.25) is 5.02 Å². The van der Waals surface area contributed by atoms with Crippen LogP contribution in [-0.4, -0.2) is 22.0 Å². The van der Waals surface area contributed by atoms with Crippen molar-refractivity contribution in [3.63, 3.8) is 0 Å². The first kappa shape index (κ1) is 18.4. The molecule has 138 valence electrons. The van der Waals surface area contributed by atoms with Gasteiger partial charge in [-0.25, -0.2) is 9.97 Å². The fourth-order valence-electron chi connectivity index (χ4n) is 2.48. The molecule has 0 bridgehead atoms. The van der Waals surface area contributed by atoms with Gasteiger partial charge in [0.1, 0.15) is 12.1 Å². The molecule has 0 aliphatic heterocycles. The van der Waals surface area contributed by atoms with Crippen molar-refractivity contribution in [3.05, 3.63) is 69.5 Å². The number of aryl methyl sites for hydroxylation is 1. The molecule has 0 spiro atoms. The summed E-state index contributed by atoms with van der Waals surface area (Å²) < 4.78 is 5.31. The minimum Gasteiger partial charge on any atom is -0.495 e. The van der Waals surface area contributed by atoms with Crippen molar-refractivity contribution in [1.29, 1.82) is 0 Å². The van der Waals surface area contributed by atoms with Gasteiger partial charge in [-0.1, -0.05) is 23.7 Å². The van der Waals surface area contributed by atoms with Gasteiger partial charge in [-0.15, -0.1) is 0 Å². The SMILES string of the molecule is COc1ccc(C)cc1Nc1ncnc(Nc2cccc(Cl)c2)c1[N+](=O)[O-]. The van der Waals surface area contributed by atoms with Gasteiger partial charge in [0.2, 0.25) is 11.6 Å². The first-order valence-corrected chi connectivity index (χ1v) is 8.29. The number of rotatable bonds is 6. The lowest BCUT2D eigenvalue weighted by molar-refractivity contribution is -0.383. The van der Waals surface area contributed by atoms with Gasteiger partial charge in [-0.3, -0.25) is 10.1 Å². The average molecular weight is 386 g/mol. The van der Waals surface area contributed by atoms with E-state index >= 15 is 0 Å². The van der Waals surface area contributed by atoms with Crippen LogP contribution >= 0.6 is 11.6 Å². The maximum atomic E-state index is 11.7. The summed E-state index contributed by atoms with van der Waals surface area (Å²) in [5, 5.41) is 18.1. The van der Waals surface area contributed by atoms with E-state index in [1.807, 2.05) is 19.1 Å². The number of aromatic nitrogens is 2. The Morgan fingerprint density at radius 2 is 1.85 bits per heavy atom. The number of hydrogen-bond donors (Lipinski definition) is 2. The Bertz CT molecular complexity index is 996. The third-order valence-electron chi connectivity index (χ3n) is 3.70. The topological polar surface area (TPSA) is 102 Å². The lowest BCUT2D eigenvalue weighted by atomic mass is 10.2. The normalized spacial score (nSPS) is 10.3. The Hall–Kier alpha value is -3.39. The number of nitrogens with one attached hydrogen (secondary N) is 2. The van der Waals surface area contributed by atoms with E-state index in [9.17, 15) is 10.1 Å². The monoisotopic (exact) mass is 385 g/mol. The molecule has 0 aliphatic carbocycles. The molecule has 0 aliphatic rings. The number of hydrogen-bond acceptors (Lipinski definition) is 7. The van der Waals surface area contributed by atoms with Crippen LogP contribution in [0.4, 0.5) is 28.7 Å². The summed E-state index contributed by atoms with van der Waals surface area (Å²) in [6.45, 7) is 1.91. The van der Waals surface area contributed by atoms with E-state index in [-0.39, 0.29) is 17.3 Å². The molecule has 2 aromatic carbocycles. The zero-order valence-electron chi connectivity index (χ0n) is 14.6. The summed E-state index contributed by atoms with van der Waals surface area (Å²) in [6, 6.07) is 12.3. The second-order valence-corrected chi connectivity index (χ2v) is 6.08. The predicted octanol–water partition coefficient (Wildman–Crippen LogP) is 4.84.